The Morgan fingerprint density at radius 1 is 1.05 bits per heavy atom. The molecule has 1 heterocycles. The molecule has 0 fully saturated rings. The van der Waals surface area contributed by atoms with Crippen molar-refractivity contribution in [1.29, 1.82) is 0 Å². The van der Waals surface area contributed by atoms with Crippen molar-refractivity contribution in [2.24, 2.45) is 0 Å². The molecule has 0 aliphatic rings. The van der Waals surface area contributed by atoms with Crippen LogP contribution in [0.15, 0.2) is 47.0 Å². The van der Waals surface area contributed by atoms with Crippen molar-refractivity contribution in [3.05, 3.63) is 59.1 Å². The molecule has 2 N–H and O–H groups in total. The summed E-state index contributed by atoms with van der Waals surface area (Å²) in [5.41, 5.74) is 6.64. The summed E-state index contributed by atoms with van der Waals surface area (Å²) in [6.07, 6.45) is 0. The normalized spacial score (nSPS) is 10.8. The van der Waals surface area contributed by atoms with E-state index in [1.807, 2.05) is 0 Å². The van der Waals surface area contributed by atoms with Crippen LogP contribution in [0, 0.1) is 11.6 Å². The first kappa shape index (κ1) is 13.6. The second kappa shape index (κ2) is 5.18. The Bertz CT molecular complexity index is 817. The summed E-state index contributed by atoms with van der Waals surface area (Å²) in [6, 6.07) is 10.1. The molecule has 106 valence electrons. The van der Waals surface area contributed by atoms with Gasteiger partial charge in [0.25, 0.3) is 0 Å². The minimum absolute atomic E-state index is 0.00966. The monoisotopic (exact) mass is 306 g/mol. The van der Waals surface area contributed by atoms with Gasteiger partial charge in [0.15, 0.2) is 11.6 Å². The third-order valence-corrected chi connectivity index (χ3v) is 3.37. The highest BCUT2D eigenvalue weighted by Gasteiger charge is 2.22. The average molecular weight is 307 g/mol. The third-order valence-electron chi connectivity index (χ3n) is 3.04. The number of aromatic nitrogens is 1. The van der Waals surface area contributed by atoms with E-state index in [9.17, 15) is 8.78 Å². The Labute approximate surface area is 123 Å². The predicted octanol–water partition coefficient (Wildman–Crippen LogP) is 4.52. The molecule has 0 aliphatic carbocycles. The van der Waals surface area contributed by atoms with Crippen LogP contribution >= 0.6 is 11.6 Å². The molecule has 0 aliphatic heterocycles. The first-order valence-electron chi connectivity index (χ1n) is 6.03. The van der Waals surface area contributed by atoms with E-state index in [4.69, 9.17) is 21.9 Å². The Morgan fingerprint density at radius 2 is 1.81 bits per heavy atom. The summed E-state index contributed by atoms with van der Waals surface area (Å²) in [5, 5.41) is 4.07. The average Bonchev–Trinajstić information content (AvgIpc) is 2.81. The second-order valence-electron chi connectivity index (χ2n) is 4.38. The number of nitrogens with zero attached hydrogens (tertiary/aromatic N) is 1. The zero-order valence-electron chi connectivity index (χ0n) is 10.6. The van der Waals surface area contributed by atoms with Gasteiger partial charge in [-0.05, 0) is 24.3 Å². The number of halogens is 3. The molecule has 0 atom stereocenters. The van der Waals surface area contributed by atoms with Gasteiger partial charge >= 0.3 is 0 Å². The van der Waals surface area contributed by atoms with Gasteiger partial charge in [0.05, 0.1) is 10.6 Å². The molecule has 0 spiro atoms. The number of hydrogen-bond acceptors (Lipinski definition) is 3. The molecule has 0 unspecified atom stereocenters. The minimum atomic E-state index is -0.752. The van der Waals surface area contributed by atoms with Gasteiger partial charge in [-0.25, -0.2) is 8.78 Å². The van der Waals surface area contributed by atoms with Gasteiger partial charge in [-0.3, -0.25) is 0 Å². The number of benzene rings is 2. The van der Waals surface area contributed by atoms with Gasteiger partial charge in [-0.1, -0.05) is 28.9 Å². The van der Waals surface area contributed by atoms with E-state index in [0.29, 0.717) is 10.6 Å². The molecule has 2 aromatic carbocycles. The van der Waals surface area contributed by atoms with Crippen LogP contribution in [0.1, 0.15) is 0 Å². The van der Waals surface area contributed by atoms with Crippen molar-refractivity contribution in [2.75, 3.05) is 5.73 Å². The van der Waals surface area contributed by atoms with Crippen molar-refractivity contribution >= 4 is 17.4 Å². The Balaban J connectivity index is 2.25. The van der Waals surface area contributed by atoms with Gasteiger partial charge in [0, 0.05) is 17.2 Å². The lowest BCUT2D eigenvalue weighted by Crippen LogP contribution is -1.92. The van der Waals surface area contributed by atoms with E-state index in [-0.39, 0.29) is 22.7 Å². The molecule has 0 radical (unpaired) electrons. The molecule has 3 rings (SSSR count). The number of rotatable bonds is 2. The van der Waals surface area contributed by atoms with Crippen LogP contribution in [0.3, 0.4) is 0 Å². The highest BCUT2D eigenvalue weighted by Crippen LogP contribution is 2.40. The fourth-order valence-electron chi connectivity index (χ4n) is 2.08. The summed E-state index contributed by atoms with van der Waals surface area (Å²) in [6.45, 7) is 0. The third kappa shape index (κ3) is 2.36. The molecule has 3 aromatic rings. The van der Waals surface area contributed by atoms with E-state index in [0.717, 1.165) is 12.1 Å². The maximum atomic E-state index is 14.0. The van der Waals surface area contributed by atoms with E-state index < -0.39 is 11.6 Å². The van der Waals surface area contributed by atoms with E-state index >= 15 is 0 Å². The zero-order chi connectivity index (χ0) is 15.0. The Kier molecular flexibility index (Phi) is 3.35. The highest BCUT2D eigenvalue weighted by atomic mass is 35.5. The second-order valence-corrected chi connectivity index (χ2v) is 4.78. The molecule has 6 heteroatoms. The molecular formula is C15H9ClF2N2O. The standard InChI is InChI=1S/C15H9ClF2N2O/c16-11-4-2-1-3-9(11)14-13(15(19)20-21-14)10-6-5-8(17)7-12(10)18/h1-7H,(H2,19,20). The molecule has 0 saturated heterocycles. The van der Waals surface area contributed by atoms with Gasteiger partial charge in [-0.2, -0.15) is 0 Å². The van der Waals surface area contributed by atoms with Crippen LogP contribution in [-0.2, 0) is 0 Å². The van der Waals surface area contributed by atoms with Crippen molar-refractivity contribution < 1.29 is 13.3 Å². The number of anilines is 1. The molecule has 21 heavy (non-hydrogen) atoms. The number of nitrogens with two attached hydrogens (primary N) is 1. The molecule has 0 bridgehead atoms. The van der Waals surface area contributed by atoms with E-state index in [1.165, 1.54) is 6.07 Å². The maximum absolute atomic E-state index is 14.0. The zero-order valence-corrected chi connectivity index (χ0v) is 11.4. The fourth-order valence-corrected chi connectivity index (χ4v) is 2.31. The summed E-state index contributed by atoms with van der Waals surface area (Å²) in [5.74, 6) is -1.18. The Morgan fingerprint density at radius 3 is 2.52 bits per heavy atom. The lowest BCUT2D eigenvalue weighted by molar-refractivity contribution is 0.436. The smallest absolute Gasteiger partial charge is 0.178 e. The quantitative estimate of drug-likeness (QED) is 0.757. The minimum Gasteiger partial charge on any atom is -0.380 e. The summed E-state index contributed by atoms with van der Waals surface area (Å²) in [7, 11) is 0. The molecule has 1 aromatic heterocycles. The van der Waals surface area contributed by atoms with Crippen molar-refractivity contribution in [3.8, 4) is 22.5 Å². The molecule has 0 amide bonds. The van der Waals surface area contributed by atoms with Gasteiger partial charge in [-0.15, -0.1) is 0 Å². The lowest BCUT2D eigenvalue weighted by Gasteiger charge is -2.05. The van der Waals surface area contributed by atoms with Crippen LogP contribution < -0.4 is 5.73 Å². The van der Waals surface area contributed by atoms with E-state index in [1.54, 1.807) is 24.3 Å². The van der Waals surface area contributed by atoms with Crippen LogP contribution in [0.2, 0.25) is 5.02 Å². The van der Waals surface area contributed by atoms with Gasteiger partial charge < -0.3 is 10.3 Å². The van der Waals surface area contributed by atoms with Crippen molar-refractivity contribution in [2.45, 2.75) is 0 Å². The largest absolute Gasteiger partial charge is 0.380 e. The van der Waals surface area contributed by atoms with Gasteiger partial charge in [0.1, 0.15) is 11.6 Å². The van der Waals surface area contributed by atoms with Crippen molar-refractivity contribution in [1.82, 2.24) is 5.16 Å². The summed E-state index contributed by atoms with van der Waals surface area (Å²) >= 11 is 6.11. The molecule has 3 nitrogen and oxygen atoms in total. The highest BCUT2D eigenvalue weighted by molar-refractivity contribution is 6.33. The summed E-state index contributed by atoms with van der Waals surface area (Å²) < 4.78 is 32.2. The van der Waals surface area contributed by atoms with Crippen LogP contribution in [0.25, 0.3) is 22.5 Å². The summed E-state index contributed by atoms with van der Waals surface area (Å²) in [4.78, 5) is 0. The lowest BCUT2D eigenvalue weighted by atomic mass is 10.0. The number of nitrogen functional groups attached to an aromatic ring is 1. The van der Waals surface area contributed by atoms with E-state index in [2.05, 4.69) is 5.16 Å². The predicted molar refractivity (Wildman–Crippen MR) is 76.7 cm³/mol. The maximum Gasteiger partial charge on any atom is 0.178 e. The molecule has 0 saturated carbocycles. The SMILES string of the molecule is Nc1noc(-c2ccccc2Cl)c1-c1ccc(F)cc1F. The van der Waals surface area contributed by atoms with Crippen LogP contribution in [0.5, 0.6) is 0 Å². The first-order chi connectivity index (χ1) is 10.1. The topological polar surface area (TPSA) is 52.0 Å². The molecular weight excluding hydrogens is 298 g/mol. The van der Waals surface area contributed by atoms with Crippen molar-refractivity contribution in [3.63, 3.8) is 0 Å². The van der Waals surface area contributed by atoms with Gasteiger partial charge in [0.2, 0.25) is 0 Å². The first-order valence-corrected chi connectivity index (χ1v) is 6.41. The van der Waals surface area contributed by atoms with Crippen LogP contribution in [-0.4, -0.2) is 5.16 Å². The number of hydrogen-bond donors (Lipinski definition) is 1. The fraction of sp³-hybridized carbons (Fsp3) is 0. The van der Waals surface area contributed by atoms with Crippen LogP contribution in [0.4, 0.5) is 14.6 Å². The Hall–Kier alpha value is -2.40.